The number of benzene rings is 2. The third-order valence-electron chi connectivity index (χ3n) is 5.15. The quantitative estimate of drug-likeness (QED) is 0.524. The predicted molar refractivity (Wildman–Crippen MR) is 111 cm³/mol. The summed E-state index contributed by atoms with van der Waals surface area (Å²) in [6.07, 6.45) is 2.06. The van der Waals surface area contributed by atoms with E-state index in [4.69, 9.17) is 14.5 Å². The van der Waals surface area contributed by atoms with Crippen molar-refractivity contribution in [2.75, 3.05) is 12.1 Å². The lowest BCUT2D eigenvalue weighted by atomic mass is 10.1. The van der Waals surface area contributed by atoms with Crippen LogP contribution in [0.5, 0.6) is 11.5 Å². The molecule has 0 aliphatic carbocycles. The Morgan fingerprint density at radius 1 is 0.929 bits per heavy atom. The second-order valence-corrected chi connectivity index (χ2v) is 7.20. The van der Waals surface area contributed by atoms with Crippen molar-refractivity contribution in [1.82, 2.24) is 9.38 Å². The molecule has 5 rings (SSSR count). The van der Waals surface area contributed by atoms with Gasteiger partial charge in [-0.05, 0) is 67.8 Å². The fourth-order valence-corrected chi connectivity index (χ4v) is 3.64. The van der Waals surface area contributed by atoms with Gasteiger partial charge in [-0.15, -0.1) is 0 Å². The Morgan fingerprint density at radius 2 is 1.71 bits per heavy atom. The van der Waals surface area contributed by atoms with Crippen LogP contribution in [-0.4, -0.2) is 16.2 Å². The number of aryl methyl sites for hydroxylation is 3. The van der Waals surface area contributed by atoms with Crippen LogP contribution < -0.4 is 14.8 Å². The molecule has 0 amide bonds. The van der Waals surface area contributed by atoms with E-state index in [0.29, 0.717) is 0 Å². The molecule has 4 aromatic rings. The van der Waals surface area contributed by atoms with Crippen molar-refractivity contribution in [1.29, 1.82) is 0 Å². The second-order valence-electron chi connectivity index (χ2n) is 7.20. The van der Waals surface area contributed by atoms with E-state index >= 15 is 0 Å². The summed E-state index contributed by atoms with van der Waals surface area (Å²) in [7, 11) is 0. The van der Waals surface area contributed by atoms with Gasteiger partial charge in [-0.3, -0.25) is 4.40 Å². The maximum atomic E-state index is 5.57. The first-order valence-corrected chi connectivity index (χ1v) is 9.32. The minimum Gasteiger partial charge on any atom is -0.454 e. The van der Waals surface area contributed by atoms with Gasteiger partial charge in [0.15, 0.2) is 11.5 Å². The number of imidazole rings is 1. The van der Waals surface area contributed by atoms with Crippen LogP contribution in [0, 0.1) is 20.8 Å². The highest BCUT2D eigenvalue weighted by Gasteiger charge is 2.20. The summed E-state index contributed by atoms with van der Waals surface area (Å²) in [5.74, 6) is 2.46. The standard InChI is InChI=1S/C23H21N3O2/c1-14-9-10-26-20(11-14)24-22(17-7-8-18-19(12-17)28-13-27-18)23(26)25-21-15(2)5-4-6-16(21)3/h4-12,25H,13H2,1-3H3. The van der Waals surface area contributed by atoms with E-state index in [1.807, 2.05) is 18.2 Å². The van der Waals surface area contributed by atoms with Crippen LogP contribution in [0.4, 0.5) is 11.5 Å². The molecular formula is C23H21N3O2. The van der Waals surface area contributed by atoms with E-state index < -0.39 is 0 Å². The minimum absolute atomic E-state index is 0.261. The first-order chi connectivity index (χ1) is 13.6. The molecule has 0 unspecified atom stereocenters. The van der Waals surface area contributed by atoms with Crippen LogP contribution in [0.2, 0.25) is 0 Å². The normalized spacial score (nSPS) is 12.5. The Hall–Kier alpha value is -3.47. The van der Waals surface area contributed by atoms with Crippen LogP contribution in [0.25, 0.3) is 16.9 Å². The highest BCUT2D eigenvalue weighted by Crippen LogP contribution is 2.39. The molecule has 2 aromatic carbocycles. The van der Waals surface area contributed by atoms with Crippen LogP contribution in [0.3, 0.4) is 0 Å². The molecule has 2 aromatic heterocycles. The van der Waals surface area contributed by atoms with Gasteiger partial charge in [-0.25, -0.2) is 4.98 Å². The maximum absolute atomic E-state index is 5.57. The molecule has 0 saturated heterocycles. The maximum Gasteiger partial charge on any atom is 0.231 e. The number of nitrogens with zero attached hydrogens (tertiary/aromatic N) is 2. The number of hydrogen-bond donors (Lipinski definition) is 1. The SMILES string of the molecule is Cc1ccn2c(Nc3c(C)cccc3C)c(-c3ccc4c(c3)OCO4)nc2c1. The number of anilines is 2. The molecule has 28 heavy (non-hydrogen) atoms. The molecule has 0 bridgehead atoms. The number of ether oxygens (including phenoxy) is 2. The first-order valence-electron chi connectivity index (χ1n) is 9.32. The fourth-order valence-electron chi connectivity index (χ4n) is 3.64. The van der Waals surface area contributed by atoms with E-state index in [0.717, 1.165) is 39.9 Å². The third kappa shape index (κ3) is 2.67. The van der Waals surface area contributed by atoms with Gasteiger partial charge in [0.1, 0.15) is 17.2 Å². The van der Waals surface area contributed by atoms with Gasteiger partial charge in [0.05, 0.1) is 0 Å². The fraction of sp³-hybridized carbons (Fsp3) is 0.174. The molecule has 1 aliphatic rings. The lowest BCUT2D eigenvalue weighted by Crippen LogP contribution is -2.00. The zero-order chi connectivity index (χ0) is 19.3. The highest BCUT2D eigenvalue weighted by atomic mass is 16.7. The number of pyridine rings is 1. The van der Waals surface area contributed by atoms with E-state index in [1.165, 1.54) is 16.7 Å². The van der Waals surface area contributed by atoms with Crippen molar-refractivity contribution >= 4 is 17.2 Å². The van der Waals surface area contributed by atoms with Gasteiger partial charge < -0.3 is 14.8 Å². The van der Waals surface area contributed by atoms with E-state index in [1.54, 1.807) is 0 Å². The summed E-state index contributed by atoms with van der Waals surface area (Å²) < 4.78 is 13.1. The smallest absolute Gasteiger partial charge is 0.231 e. The molecular weight excluding hydrogens is 350 g/mol. The lowest BCUT2D eigenvalue weighted by Gasteiger charge is -2.14. The molecule has 0 spiro atoms. The van der Waals surface area contributed by atoms with Gasteiger partial charge >= 0.3 is 0 Å². The number of para-hydroxylation sites is 1. The van der Waals surface area contributed by atoms with Crippen LogP contribution in [-0.2, 0) is 0 Å². The lowest BCUT2D eigenvalue weighted by molar-refractivity contribution is 0.174. The van der Waals surface area contributed by atoms with Gasteiger partial charge in [0.25, 0.3) is 0 Å². The van der Waals surface area contributed by atoms with Crippen LogP contribution >= 0.6 is 0 Å². The van der Waals surface area contributed by atoms with Crippen molar-refractivity contribution in [2.45, 2.75) is 20.8 Å². The van der Waals surface area contributed by atoms with Crippen LogP contribution in [0.15, 0.2) is 54.7 Å². The number of aromatic nitrogens is 2. The molecule has 3 heterocycles. The molecule has 0 fully saturated rings. The first kappa shape index (κ1) is 16.7. The van der Waals surface area contributed by atoms with Crippen molar-refractivity contribution in [2.24, 2.45) is 0 Å². The molecule has 140 valence electrons. The van der Waals surface area contributed by atoms with Crippen molar-refractivity contribution in [3.05, 3.63) is 71.4 Å². The van der Waals surface area contributed by atoms with Crippen molar-refractivity contribution in [3.8, 4) is 22.8 Å². The summed E-state index contributed by atoms with van der Waals surface area (Å²) in [5.41, 5.74) is 7.44. The van der Waals surface area contributed by atoms with Crippen LogP contribution in [0.1, 0.15) is 16.7 Å². The topological polar surface area (TPSA) is 47.8 Å². The predicted octanol–water partition coefficient (Wildman–Crippen LogP) is 5.40. The third-order valence-corrected chi connectivity index (χ3v) is 5.15. The molecule has 0 saturated carbocycles. The second kappa shape index (κ2) is 6.30. The van der Waals surface area contributed by atoms with Crippen molar-refractivity contribution in [3.63, 3.8) is 0 Å². The average molecular weight is 371 g/mol. The molecule has 1 aliphatic heterocycles. The van der Waals surface area contributed by atoms with E-state index in [2.05, 4.69) is 67.0 Å². The van der Waals surface area contributed by atoms with Crippen molar-refractivity contribution < 1.29 is 9.47 Å². The number of rotatable bonds is 3. The minimum atomic E-state index is 0.261. The molecule has 0 atom stereocenters. The largest absolute Gasteiger partial charge is 0.454 e. The Bertz CT molecular complexity index is 1190. The molecule has 5 heteroatoms. The number of hydrogen-bond acceptors (Lipinski definition) is 4. The summed E-state index contributed by atoms with van der Waals surface area (Å²) in [4.78, 5) is 4.93. The Labute approximate surface area is 163 Å². The molecule has 5 nitrogen and oxygen atoms in total. The van der Waals surface area contributed by atoms with Gasteiger partial charge in [0, 0.05) is 17.4 Å². The van der Waals surface area contributed by atoms with Gasteiger partial charge in [0.2, 0.25) is 6.79 Å². The summed E-state index contributed by atoms with van der Waals surface area (Å²) in [6.45, 7) is 6.57. The zero-order valence-electron chi connectivity index (χ0n) is 16.1. The molecule has 1 N–H and O–H groups in total. The summed E-state index contributed by atoms with van der Waals surface area (Å²) in [5, 5.41) is 3.65. The highest BCUT2D eigenvalue weighted by molar-refractivity contribution is 5.82. The number of nitrogens with one attached hydrogen (secondary N) is 1. The Kier molecular flexibility index (Phi) is 3.76. The monoisotopic (exact) mass is 371 g/mol. The van der Waals surface area contributed by atoms with E-state index in [9.17, 15) is 0 Å². The Balaban J connectivity index is 1.71. The summed E-state index contributed by atoms with van der Waals surface area (Å²) in [6, 6.07) is 16.4. The Morgan fingerprint density at radius 3 is 2.54 bits per heavy atom. The van der Waals surface area contributed by atoms with E-state index in [-0.39, 0.29) is 6.79 Å². The number of fused-ring (bicyclic) bond motifs is 2. The molecule has 0 radical (unpaired) electrons. The van der Waals surface area contributed by atoms with Gasteiger partial charge in [-0.2, -0.15) is 0 Å². The average Bonchev–Trinajstić information content (AvgIpc) is 3.28. The zero-order valence-corrected chi connectivity index (χ0v) is 16.1. The summed E-state index contributed by atoms with van der Waals surface area (Å²) >= 11 is 0. The van der Waals surface area contributed by atoms with Gasteiger partial charge in [-0.1, -0.05) is 18.2 Å².